The Kier molecular flexibility index (Phi) is 5.33. The molecule has 1 fully saturated rings. The Balaban J connectivity index is 1.97. The first kappa shape index (κ1) is 15.5. The molecule has 1 aromatic carbocycles. The Labute approximate surface area is 125 Å². The van der Waals surface area contributed by atoms with Gasteiger partial charge in [-0.25, -0.2) is 0 Å². The van der Waals surface area contributed by atoms with Gasteiger partial charge in [0.2, 0.25) is 0 Å². The van der Waals surface area contributed by atoms with Crippen LogP contribution in [-0.2, 0) is 16.0 Å². The van der Waals surface area contributed by atoms with Crippen LogP contribution in [0.25, 0.3) is 0 Å². The number of benzene rings is 1. The highest BCUT2D eigenvalue weighted by Crippen LogP contribution is 2.16. The van der Waals surface area contributed by atoms with Crippen molar-refractivity contribution in [1.82, 2.24) is 4.90 Å². The van der Waals surface area contributed by atoms with E-state index in [9.17, 15) is 14.7 Å². The average molecular weight is 290 g/mol. The van der Waals surface area contributed by atoms with Crippen molar-refractivity contribution in [3.8, 4) is 0 Å². The predicted molar refractivity (Wildman–Crippen MR) is 80.8 cm³/mol. The second kappa shape index (κ2) is 7.22. The topological polar surface area (TPSA) is 69.6 Å². The van der Waals surface area contributed by atoms with Gasteiger partial charge in [-0.1, -0.05) is 19.1 Å². The third kappa shape index (κ3) is 4.04. The van der Waals surface area contributed by atoms with E-state index in [0.29, 0.717) is 18.8 Å². The van der Waals surface area contributed by atoms with Crippen molar-refractivity contribution in [1.29, 1.82) is 0 Å². The number of anilines is 1. The summed E-state index contributed by atoms with van der Waals surface area (Å²) in [4.78, 5) is 25.7. The lowest BCUT2D eigenvalue weighted by Crippen LogP contribution is -2.45. The van der Waals surface area contributed by atoms with Crippen LogP contribution in [0.2, 0.25) is 0 Å². The fraction of sp³-hybridized carbons (Fsp3) is 0.500. The maximum atomic E-state index is 12.2. The molecule has 1 atom stereocenters. The highest BCUT2D eigenvalue weighted by Gasteiger charge is 2.27. The Morgan fingerprint density at radius 2 is 2.24 bits per heavy atom. The van der Waals surface area contributed by atoms with Gasteiger partial charge in [0.15, 0.2) is 0 Å². The number of piperidine rings is 1. The number of aryl methyl sites for hydroxylation is 1. The zero-order chi connectivity index (χ0) is 15.2. The smallest absolute Gasteiger partial charge is 0.313 e. The van der Waals surface area contributed by atoms with Gasteiger partial charge < -0.3 is 15.3 Å². The number of aliphatic hydroxyl groups excluding tert-OH is 1. The SMILES string of the molecule is CCc1cccc(NC(=O)C(=O)N2CCCC(CO)C2)c1. The second-order valence-corrected chi connectivity index (χ2v) is 5.45. The number of hydrogen-bond donors (Lipinski definition) is 2. The summed E-state index contributed by atoms with van der Waals surface area (Å²) in [5.74, 6) is -1.05. The van der Waals surface area contributed by atoms with Crippen molar-refractivity contribution in [3.63, 3.8) is 0 Å². The van der Waals surface area contributed by atoms with E-state index in [1.54, 1.807) is 6.07 Å². The van der Waals surface area contributed by atoms with Gasteiger partial charge >= 0.3 is 11.8 Å². The molecule has 1 saturated heterocycles. The van der Waals surface area contributed by atoms with E-state index in [1.165, 1.54) is 4.90 Å². The molecule has 0 saturated carbocycles. The fourth-order valence-electron chi connectivity index (χ4n) is 2.60. The molecule has 0 aromatic heterocycles. The molecule has 1 unspecified atom stereocenters. The van der Waals surface area contributed by atoms with Crippen LogP contribution in [0.3, 0.4) is 0 Å². The number of nitrogens with one attached hydrogen (secondary N) is 1. The third-order valence-electron chi connectivity index (χ3n) is 3.85. The largest absolute Gasteiger partial charge is 0.396 e. The number of nitrogens with zero attached hydrogens (tertiary/aromatic N) is 1. The first-order valence-corrected chi connectivity index (χ1v) is 7.44. The van der Waals surface area contributed by atoms with Crippen molar-refractivity contribution < 1.29 is 14.7 Å². The first-order valence-electron chi connectivity index (χ1n) is 7.44. The molecular formula is C16H22N2O3. The number of aliphatic hydroxyl groups is 1. The van der Waals surface area contributed by atoms with Crippen LogP contribution in [0.5, 0.6) is 0 Å². The van der Waals surface area contributed by atoms with Gasteiger partial charge in [-0.15, -0.1) is 0 Å². The minimum absolute atomic E-state index is 0.0595. The Bertz CT molecular complexity index is 516. The molecule has 0 spiro atoms. The van der Waals surface area contributed by atoms with Crippen LogP contribution in [-0.4, -0.2) is 41.5 Å². The van der Waals surface area contributed by atoms with Crippen LogP contribution in [0.1, 0.15) is 25.3 Å². The zero-order valence-electron chi connectivity index (χ0n) is 12.3. The molecular weight excluding hydrogens is 268 g/mol. The van der Waals surface area contributed by atoms with Gasteiger partial charge in [-0.05, 0) is 42.9 Å². The van der Waals surface area contributed by atoms with E-state index in [2.05, 4.69) is 5.32 Å². The fourth-order valence-corrected chi connectivity index (χ4v) is 2.60. The van der Waals surface area contributed by atoms with E-state index in [-0.39, 0.29) is 12.5 Å². The number of amides is 2. The van der Waals surface area contributed by atoms with E-state index in [4.69, 9.17) is 0 Å². The Morgan fingerprint density at radius 1 is 1.43 bits per heavy atom. The van der Waals surface area contributed by atoms with Crippen molar-refractivity contribution in [2.24, 2.45) is 5.92 Å². The molecule has 1 aromatic rings. The average Bonchev–Trinajstić information content (AvgIpc) is 2.54. The summed E-state index contributed by atoms with van der Waals surface area (Å²) in [6, 6.07) is 7.49. The summed E-state index contributed by atoms with van der Waals surface area (Å²) in [5.41, 5.74) is 1.75. The molecule has 2 N–H and O–H groups in total. The first-order chi connectivity index (χ1) is 10.1. The molecule has 0 bridgehead atoms. The van der Waals surface area contributed by atoms with Crippen LogP contribution < -0.4 is 5.32 Å². The highest BCUT2D eigenvalue weighted by molar-refractivity contribution is 6.39. The molecule has 114 valence electrons. The molecule has 0 radical (unpaired) electrons. The van der Waals surface area contributed by atoms with E-state index in [0.717, 1.165) is 24.8 Å². The summed E-state index contributed by atoms with van der Waals surface area (Å²) >= 11 is 0. The lowest BCUT2D eigenvalue weighted by molar-refractivity contribution is -0.144. The molecule has 1 aliphatic heterocycles. The maximum absolute atomic E-state index is 12.2. The van der Waals surface area contributed by atoms with Gasteiger partial charge in [0.05, 0.1) is 0 Å². The molecule has 1 aliphatic rings. The normalized spacial score (nSPS) is 18.4. The van der Waals surface area contributed by atoms with Gasteiger partial charge in [-0.2, -0.15) is 0 Å². The molecule has 1 heterocycles. The van der Waals surface area contributed by atoms with Crippen molar-refractivity contribution in [2.75, 3.05) is 25.0 Å². The predicted octanol–water partition coefficient (Wildman–Crippen LogP) is 1.42. The van der Waals surface area contributed by atoms with Crippen LogP contribution >= 0.6 is 0 Å². The molecule has 21 heavy (non-hydrogen) atoms. The van der Waals surface area contributed by atoms with Crippen LogP contribution in [0.4, 0.5) is 5.69 Å². The molecule has 5 nitrogen and oxygen atoms in total. The monoisotopic (exact) mass is 290 g/mol. The lowest BCUT2D eigenvalue weighted by atomic mass is 9.99. The number of rotatable bonds is 3. The molecule has 2 rings (SSSR count). The standard InChI is InChI=1S/C16H22N2O3/c1-2-12-5-3-7-14(9-12)17-15(20)16(21)18-8-4-6-13(10-18)11-19/h3,5,7,9,13,19H,2,4,6,8,10-11H2,1H3,(H,17,20). The van der Waals surface area contributed by atoms with Crippen LogP contribution in [0, 0.1) is 5.92 Å². The minimum Gasteiger partial charge on any atom is -0.396 e. The highest BCUT2D eigenvalue weighted by atomic mass is 16.3. The molecule has 5 heteroatoms. The summed E-state index contributed by atoms with van der Waals surface area (Å²) in [5, 5.41) is 11.8. The third-order valence-corrected chi connectivity index (χ3v) is 3.85. The molecule has 0 aliphatic carbocycles. The number of hydrogen-bond acceptors (Lipinski definition) is 3. The summed E-state index contributed by atoms with van der Waals surface area (Å²) in [6.45, 7) is 3.13. The van der Waals surface area contributed by atoms with E-state index in [1.807, 2.05) is 25.1 Å². The Morgan fingerprint density at radius 3 is 2.95 bits per heavy atom. The number of likely N-dealkylation sites (tertiary alicyclic amines) is 1. The lowest BCUT2D eigenvalue weighted by Gasteiger charge is -2.31. The summed E-state index contributed by atoms with van der Waals surface area (Å²) < 4.78 is 0. The minimum atomic E-state index is -0.609. The van der Waals surface area contributed by atoms with Gasteiger partial charge in [0.1, 0.15) is 0 Å². The van der Waals surface area contributed by atoms with Crippen molar-refractivity contribution in [3.05, 3.63) is 29.8 Å². The zero-order valence-corrected chi connectivity index (χ0v) is 12.3. The summed E-state index contributed by atoms with van der Waals surface area (Å²) in [7, 11) is 0. The van der Waals surface area contributed by atoms with E-state index < -0.39 is 11.8 Å². The quantitative estimate of drug-likeness (QED) is 0.827. The van der Waals surface area contributed by atoms with Gasteiger partial charge in [-0.3, -0.25) is 9.59 Å². The van der Waals surface area contributed by atoms with E-state index >= 15 is 0 Å². The van der Waals surface area contributed by atoms with Crippen molar-refractivity contribution >= 4 is 17.5 Å². The maximum Gasteiger partial charge on any atom is 0.313 e. The van der Waals surface area contributed by atoms with Gasteiger partial charge in [0, 0.05) is 25.4 Å². The summed E-state index contributed by atoms with van der Waals surface area (Å²) in [6.07, 6.45) is 2.61. The number of carbonyl (C=O) groups excluding carboxylic acids is 2. The Hall–Kier alpha value is -1.88. The second-order valence-electron chi connectivity index (χ2n) is 5.45. The van der Waals surface area contributed by atoms with Crippen molar-refractivity contribution in [2.45, 2.75) is 26.2 Å². The van der Waals surface area contributed by atoms with Crippen LogP contribution in [0.15, 0.2) is 24.3 Å². The number of carbonyl (C=O) groups is 2. The van der Waals surface area contributed by atoms with Gasteiger partial charge in [0.25, 0.3) is 0 Å². The molecule has 2 amide bonds.